The summed E-state index contributed by atoms with van der Waals surface area (Å²) in [5.41, 5.74) is 7.88. The van der Waals surface area contributed by atoms with E-state index in [2.05, 4.69) is 6.58 Å². The molecule has 1 fully saturated rings. The van der Waals surface area contributed by atoms with Crippen LogP contribution in [0.1, 0.15) is 23.2 Å². The van der Waals surface area contributed by atoms with Crippen molar-refractivity contribution in [2.45, 2.75) is 18.9 Å². The van der Waals surface area contributed by atoms with E-state index in [-0.39, 0.29) is 12.0 Å². The zero-order chi connectivity index (χ0) is 18.5. The second-order valence-electron chi connectivity index (χ2n) is 6.29. The number of ether oxygens (including phenoxy) is 1. The summed E-state index contributed by atoms with van der Waals surface area (Å²) in [6.07, 6.45) is 2.67. The van der Waals surface area contributed by atoms with Crippen molar-refractivity contribution in [1.82, 2.24) is 4.90 Å². The highest BCUT2D eigenvalue weighted by atomic mass is 16.5. The van der Waals surface area contributed by atoms with Gasteiger partial charge in [0, 0.05) is 25.9 Å². The Morgan fingerprint density at radius 2 is 1.77 bits per heavy atom. The molecule has 2 N–H and O–H groups in total. The third kappa shape index (κ3) is 3.94. The first-order valence-corrected chi connectivity index (χ1v) is 8.65. The molecule has 2 amide bonds. The van der Waals surface area contributed by atoms with Crippen LogP contribution in [0, 0.1) is 0 Å². The molecule has 0 bridgehead atoms. The molecule has 2 aromatic rings. The highest BCUT2D eigenvalue weighted by Crippen LogP contribution is 2.29. The molecule has 0 aliphatic carbocycles. The highest BCUT2D eigenvalue weighted by molar-refractivity contribution is 5.96. The first kappa shape index (κ1) is 17.7. The number of carbonyl (C=O) groups excluding carboxylic acids is 2. The van der Waals surface area contributed by atoms with E-state index in [9.17, 15) is 9.59 Å². The van der Waals surface area contributed by atoms with Crippen LogP contribution in [0.25, 0.3) is 11.1 Å². The molecule has 0 unspecified atom stereocenters. The molecule has 5 nitrogen and oxygen atoms in total. The summed E-state index contributed by atoms with van der Waals surface area (Å²) in [7, 11) is 0. The molecule has 0 aromatic heterocycles. The summed E-state index contributed by atoms with van der Waals surface area (Å²) in [5.74, 6) is -0.0846. The van der Waals surface area contributed by atoms with Crippen molar-refractivity contribution in [3.8, 4) is 16.9 Å². The number of carbonyl (C=O) groups is 2. The zero-order valence-electron chi connectivity index (χ0n) is 14.6. The molecule has 2 aromatic carbocycles. The van der Waals surface area contributed by atoms with Gasteiger partial charge in [-0.25, -0.2) is 0 Å². The Hall–Kier alpha value is -3.08. The summed E-state index contributed by atoms with van der Waals surface area (Å²) in [6, 6.07) is 15.3. The van der Waals surface area contributed by atoms with Gasteiger partial charge in [0.25, 0.3) is 5.91 Å². The monoisotopic (exact) mass is 350 g/mol. The van der Waals surface area contributed by atoms with Gasteiger partial charge in [-0.3, -0.25) is 9.59 Å². The number of piperidine rings is 1. The van der Waals surface area contributed by atoms with E-state index in [0.29, 0.717) is 37.2 Å². The van der Waals surface area contributed by atoms with Gasteiger partial charge in [0.2, 0.25) is 5.91 Å². The minimum atomic E-state index is -0.515. The van der Waals surface area contributed by atoms with Gasteiger partial charge < -0.3 is 15.4 Å². The number of hydrogen-bond acceptors (Lipinski definition) is 3. The largest absolute Gasteiger partial charge is 0.489 e. The normalized spacial score (nSPS) is 14.7. The van der Waals surface area contributed by atoms with Crippen LogP contribution >= 0.6 is 0 Å². The summed E-state index contributed by atoms with van der Waals surface area (Å²) < 4.78 is 6.11. The van der Waals surface area contributed by atoms with E-state index < -0.39 is 5.91 Å². The molecular weight excluding hydrogens is 328 g/mol. The lowest BCUT2D eigenvalue weighted by molar-refractivity contribution is -0.127. The van der Waals surface area contributed by atoms with Crippen molar-refractivity contribution in [2.75, 3.05) is 13.1 Å². The lowest BCUT2D eigenvalue weighted by Gasteiger charge is -2.32. The lowest BCUT2D eigenvalue weighted by atomic mass is 10.0. The van der Waals surface area contributed by atoms with Gasteiger partial charge in [0.1, 0.15) is 11.9 Å². The van der Waals surface area contributed by atoms with Gasteiger partial charge in [-0.1, -0.05) is 43.0 Å². The molecule has 26 heavy (non-hydrogen) atoms. The number of amides is 2. The molecule has 0 atom stereocenters. The third-order valence-electron chi connectivity index (χ3n) is 4.58. The van der Waals surface area contributed by atoms with Crippen molar-refractivity contribution < 1.29 is 14.3 Å². The van der Waals surface area contributed by atoms with E-state index >= 15 is 0 Å². The zero-order valence-corrected chi connectivity index (χ0v) is 14.6. The molecule has 0 spiro atoms. The highest BCUT2D eigenvalue weighted by Gasteiger charge is 2.24. The van der Waals surface area contributed by atoms with Gasteiger partial charge in [0.05, 0.1) is 5.56 Å². The predicted molar refractivity (Wildman–Crippen MR) is 101 cm³/mol. The number of rotatable bonds is 5. The van der Waals surface area contributed by atoms with Crippen LogP contribution in [0.4, 0.5) is 0 Å². The first-order valence-electron chi connectivity index (χ1n) is 8.65. The summed E-state index contributed by atoms with van der Waals surface area (Å²) in [5, 5.41) is 0. The van der Waals surface area contributed by atoms with E-state index in [1.54, 1.807) is 11.0 Å². The van der Waals surface area contributed by atoms with E-state index in [0.717, 1.165) is 11.1 Å². The predicted octanol–water partition coefficient (Wildman–Crippen LogP) is 3.01. The van der Waals surface area contributed by atoms with E-state index in [1.807, 2.05) is 42.5 Å². The number of likely N-dealkylation sites (tertiary alicyclic amines) is 1. The molecule has 1 aliphatic heterocycles. The Labute approximate surface area is 153 Å². The van der Waals surface area contributed by atoms with Crippen LogP contribution in [0.2, 0.25) is 0 Å². The van der Waals surface area contributed by atoms with Crippen molar-refractivity contribution in [3.05, 3.63) is 66.7 Å². The second kappa shape index (κ2) is 7.87. The number of nitrogens with two attached hydrogens (primary N) is 1. The average molecular weight is 350 g/mol. The number of hydrogen-bond donors (Lipinski definition) is 1. The van der Waals surface area contributed by atoms with Crippen LogP contribution in [0.15, 0.2) is 61.2 Å². The van der Waals surface area contributed by atoms with E-state index in [4.69, 9.17) is 10.5 Å². The SMILES string of the molecule is C=CC(=O)N1CCC(Oc2cc(-c3ccccc3)ccc2C(N)=O)CC1. The first-order chi connectivity index (χ1) is 12.6. The van der Waals surface area contributed by atoms with E-state index in [1.165, 1.54) is 6.08 Å². The van der Waals surface area contributed by atoms with Crippen molar-refractivity contribution in [1.29, 1.82) is 0 Å². The quantitative estimate of drug-likeness (QED) is 0.843. The maximum atomic E-state index is 11.8. The Morgan fingerprint density at radius 1 is 1.08 bits per heavy atom. The lowest BCUT2D eigenvalue weighted by Crippen LogP contribution is -2.41. The minimum absolute atomic E-state index is 0.0620. The number of nitrogens with zero attached hydrogens (tertiary/aromatic N) is 1. The van der Waals surface area contributed by atoms with Crippen LogP contribution in [0.3, 0.4) is 0 Å². The molecule has 5 heteroatoms. The maximum Gasteiger partial charge on any atom is 0.252 e. The molecule has 0 radical (unpaired) electrons. The van der Waals surface area contributed by atoms with Gasteiger partial charge in [-0.05, 0) is 29.3 Å². The smallest absolute Gasteiger partial charge is 0.252 e. The van der Waals surface area contributed by atoms with Gasteiger partial charge >= 0.3 is 0 Å². The molecular formula is C21H22N2O3. The summed E-state index contributed by atoms with van der Waals surface area (Å²) in [6.45, 7) is 4.74. The molecule has 1 saturated heterocycles. The topological polar surface area (TPSA) is 72.6 Å². The molecule has 1 heterocycles. The third-order valence-corrected chi connectivity index (χ3v) is 4.58. The van der Waals surface area contributed by atoms with Crippen molar-refractivity contribution in [3.63, 3.8) is 0 Å². The van der Waals surface area contributed by atoms with Gasteiger partial charge in [-0.2, -0.15) is 0 Å². The average Bonchev–Trinajstić information content (AvgIpc) is 2.68. The standard InChI is InChI=1S/C21H22N2O3/c1-2-20(24)23-12-10-17(11-13-23)26-19-14-16(8-9-18(19)21(22)25)15-6-4-3-5-7-15/h2-9,14,17H,1,10-13H2,(H2,22,25). The Bertz CT molecular complexity index is 809. The summed E-state index contributed by atoms with van der Waals surface area (Å²) >= 11 is 0. The second-order valence-corrected chi connectivity index (χ2v) is 6.29. The van der Waals surface area contributed by atoms with Crippen LogP contribution in [-0.2, 0) is 4.79 Å². The van der Waals surface area contributed by atoms with Crippen molar-refractivity contribution in [2.24, 2.45) is 5.73 Å². The fourth-order valence-electron chi connectivity index (χ4n) is 3.14. The summed E-state index contributed by atoms with van der Waals surface area (Å²) in [4.78, 5) is 25.2. The van der Waals surface area contributed by atoms with Crippen molar-refractivity contribution >= 4 is 11.8 Å². The number of benzene rings is 2. The maximum absolute atomic E-state index is 11.8. The van der Waals surface area contributed by atoms with Gasteiger partial charge in [-0.15, -0.1) is 0 Å². The minimum Gasteiger partial charge on any atom is -0.489 e. The fraction of sp³-hybridized carbons (Fsp3) is 0.238. The van der Waals surface area contributed by atoms with Crippen LogP contribution in [-0.4, -0.2) is 35.9 Å². The fourth-order valence-corrected chi connectivity index (χ4v) is 3.14. The Kier molecular flexibility index (Phi) is 5.37. The number of primary amides is 1. The molecule has 0 saturated carbocycles. The Balaban J connectivity index is 1.79. The molecule has 134 valence electrons. The Morgan fingerprint density at radius 3 is 2.38 bits per heavy atom. The van der Waals surface area contributed by atoms with Crippen LogP contribution in [0.5, 0.6) is 5.75 Å². The molecule has 3 rings (SSSR count). The van der Waals surface area contributed by atoms with Gasteiger partial charge in [0.15, 0.2) is 0 Å². The van der Waals surface area contributed by atoms with Crippen LogP contribution < -0.4 is 10.5 Å². The molecule has 1 aliphatic rings.